The van der Waals surface area contributed by atoms with E-state index in [0.717, 1.165) is 12.0 Å². The van der Waals surface area contributed by atoms with Gasteiger partial charge in [-0.3, -0.25) is 9.78 Å². The second-order valence-electron chi connectivity index (χ2n) is 3.72. The van der Waals surface area contributed by atoms with Crippen LogP contribution in [-0.2, 0) is 9.53 Å². The Morgan fingerprint density at radius 2 is 2.27 bits per heavy atom. The van der Waals surface area contributed by atoms with Crippen LogP contribution in [0.3, 0.4) is 0 Å². The maximum absolute atomic E-state index is 11.2. The number of carbonyl (C=O) groups is 1. The lowest BCUT2D eigenvalue weighted by Gasteiger charge is -2.17. The van der Waals surface area contributed by atoms with Crippen molar-refractivity contribution in [3.8, 4) is 0 Å². The van der Waals surface area contributed by atoms with Gasteiger partial charge in [0.15, 0.2) is 0 Å². The van der Waals surface area contributed by atoms with Gasteiger partial charge in [0.05, 0.1) is 12.5 Å². The Kier molecular flexibility index (Phi) is 2.97. The molecule has 1 aliphatic rings. The zero-order valence-electron chi connectivity index (χ0n) is 8.30. The maximum atomic E-state index is 11.2. The summed E-state index contributed by atoms with van der Waals surface area (Å²) in [5.74, 6) is -1.16. The van der Waals surface area contributed by atoms with Gasteiger partial charge in [-0.15, -0.1) is 0 Å². The van der Waals surface area contributed by atoms with Crippen molar-refractivity contribution in [2.24, 2.45) is 5.92 Å². The molecule has 0 radical (unpaired) electrons. The second kappa shape index (κ2) is 4.40. The number of hydrogen-bond donors (Lipinski definition) is 1. The van der Waals surface area contributed by atoms with Crippen LogP contribution in [0.2, 0.25) is 0 Å². The standard InChI is InChI=1S/C11H13NO3/c13-11(14)10(9-3-6-15-7-9)8-1-4-12-5-2-8/h1-2,4-5,9-10H,3,6-7H2,(H,13,14). The van der Waals surface area contributed by atoms with Crippen LogP contribution in [0.4, 0.5) is 0 Å². The molecule has 0 saturated carbocycles. The van der Waals surface area contributed by atoms with Gasteiger partial charge in [-0.2, -0.15) is 0 Å². The molecule has 2 rings (SSSR count). The fourth-order valence-corrected chi connectivity index (χ4v) is 2.00. The lowest BCUT2D eigenvalue weighted by molar-refractivity contribution is -0.140. The first kappa shape index (κ1) is 10.1. The molecule has 4 heteroatoms. The molecule has 1 fully saturated rings. The first-order chi connectivity index (χ1) is 7.29. The number of carboxylic acids is 1. The maximum Gasteiger partial charge on any atom is 0.311 e. The highest BCUT2D eigenvalue weighted by Gasteiger charge is 2.32. The third-order valence-electron chi connectivity index (χ3n) is 2.77. The normalized spacial score (nSPS) is 22.5. The fraction of sp³-hybridized carbons (Fsp3) is 0.455. The molecule has 0 bridgehead atoms. The molecular weight excluding hydrogens is 194 g/mol. The number of rotatable bonds is 3. The Morgan fingerprint density at radius 3 is 2.80 bits per heavy atom. The Hall–Kier alpha value is -1.42. The molecule has 0 aromatic carbocycles. The van der Waals surface area contributed by atoms with Crippen LogP contribution in [-0.4, -0.2) is 29.3 Å². The Balaban J connectivity index is 2.23. The van der Waals surface area contributed by atoms with Crippen LogP contribution >= 0.6 is 0 Å². The van der Waals surface area contributed by atoms with Gasteiger partial charge in [0.25, 0.3) is 0 Å². The fourth-order valence-electron chi connectivity index (χ4n) is 2.00. The van der Waals surface area contributed by atoms with Gasteiger partial charge in [-0.1, -0.05) is 0 Å². The van der Waals surface area contributed by atoms with E-state index in [1.54, 1.807) is 24.5 Å². The molecule has 80 valence electrons. The highest BCUT2D eigenvalue weighted by molar-refractivity contribution is 5.76. The SMILES string of the molecule is O=C(O)C(c1ccncc1)C1CCOC1. The zero-order chi connectivity index (χ0) is 10.7. The van der Waals surface area contributed by atoms with Crippen LogP contribution in [0.15, 0.2) is 24.5 Å². The van der Waals surface area contributed by atoms with Gasteiger partial charge in [0.1, 0.15) is 0 Å². The van der Waals surface area contributed by atoms with E-state index in [9.17, 15) is 9.90 Å². The molecule has 1 N–H and O–H groups in total. The summed E-state index contributed by atoms with van der Waals surface area (Å²) in [5, 5.41) is 9.21. The van der Waals surface area contributed by atoms with Crippen molar-refractivity contribution in [2.45, 2.75) is 12.3 Å². The molecule has 4 nitrogen and oxygen atoms in total. The minimum Gasteiger partial charge on any atom is -0.481 e. The molecule has 2 heterocycles. The number of aromatic nitrogens is 1. The molecule has 15 heavy (non-hydrogen) atoms. The third kappa shape index (κ3) is 2.15. The summed E-state index contributed by atoms with van der Waals surface area (Å²) in [6.45, 7) is 1.21. The molecular formula is C11H13NO3. The Labute approximate surface area is 87.9 Å². The lowest BCUT2D eigenvalue weighted by Crippen LogP contribution is -2.21. The van der Waals surface area contributed by atoms with Gasteiger partial charge in [0, 0.05) is 24.9 Å². The van der Waals surface area contributed by atoms with Crippen LogP contribution in [0.5, 0.6) is 0 Å². The highest BCUT2D eigenvalue weighted by atomic mass is 16.5. The van der Waals surface area contributed by atoms with Crippen molar-refractivity contribution in [1.82, 2.24) is 4.98 Å². The molecule has 0 spiro atoms. The van der Waals surface area contributed by atoms with Gasteiger partial charge in [-0.05, 0) is 24.1 Å². The number of pyridine rings is 1. The molecule has 2 unspecified atom stereocenters. The summed E-state index contributed by atoms with van der Waals surface area (Å²) in [6, 6.07) is 3.52. The largest absolute Gasteiger partial charge is 0.481 e. The smallest absolute Gasteiger partial charge is 0.311 e. The first-order valence-corrected chi connectivity index (χ1v) is 4.99. The molecule has 0 aliphatic carbocycles. The van der Waals surface area contributed by atoms with Gasteiger partial charge in [-0.25, -0.2) is 0 Å². The first-order valence-electron chi connectivity index (χ1n) is 4.99. The van der Waals surface area contributed by atoms with E-state index in [4.69, 9.17) is 4.74 Å². The predicted octanol–water partition coefficient (Wildman–Crippen LogP) is 1.29. The van der Waals surface area contributed by atoms with E-state index >= 15 is 0 Å². The summed E-state index contributed by atoms with van der Waals surface area (Å²) in [4.78, 5) is 15.1. The van der Waals surface area contributed by atoms with Gasteiger partial charge >= 0.3 is 5.97 Å². The van der Waals surface area contributed by atoms with E-state index in [-0.39, 0.29) is 5.92 Å². The number of hydrogen-bond acceptors (Lipinski definition) is 3. The molecule has 1 aromatic rings. The van der Waals surface area contributed by atoms with Crippen molar-refractivity contribution in [3.05, 3.63) is 30.1 Å². The zero-order valence-corrected chi connectivity index (χ0v) is 8.30. The van der Waals surface area contributed by atoms with E-state index in [1.165, 1.54) is 0 Å². The van der Waals surface area contributed by atoms with Crippen LogP contribution < -0.4 is 0 Å². The summed E-state index contributed by atoms with van der Waals surface area (Å²) >= 11 is 0. The molecule has 1 aliphatic heterocycles. The third-order valence-corrected chi connectivity index (χ3v) is 2.77. The molecule has 2 atom stereocenters. The number of carboxylic acid groups (broad SMARTS) is 1. The monoisotopic (exact) mass is 207 g/mol. The molecule has 0 amide bonds. The predicted molar refractivity (Wildman–Crippen MR) is 53.5 cm³/mol. The summed E-state index contributed by atoms with van der Waals surface area (Å²) in [7, 11) is 0. The second-order valence-corrected chi connectivity index (χ2v) is 3.72. The van der Waals surface area contributed by atoms with Crippen molar-refractivity contribution in [3.63, 3.8) is 0 Å². The van der Waals surface area contributed by atoms with Crippen LogP contribution in [0, 0.1) is 5.92 Å². The van der Waals surface area contributed by atoms with Crippen molar-refractivity contribution in [2.75, 3.05) is 13.2 Å². The minimum atomic E-state index is -0.781. The summed E-state index contributed by atoms with van der Waals surface area (Å²) < 4.78 is 5.23. The Morgan fingerprint density at radius 1 is 1.53 bits per heavy atom. The number of nitrogens with zero attached hydrogens (tertiary/aromatic N) is 1. The minimum absolute atomic E-state index is 0.0879. The average Bonchev–Trinajstić information content (AvgIpc) is 2.72. The highest BCUT2D eigenvalue weighted by Crippen LogP contribution is 2.30. The van der Waals surface area contributed by atoms with E-state index in [0.29, 0.717) is 13.2 Å². The number of ether oxygens (including phenoxy) is 1. The average molecular weight is 207 g/mol. The topological polar surface area (TPSA) is 59.4 Å². The summed E-state index contributed by atoms with van der Waals surface area (Å²) in [6.07, 6.45) is 4.07. The van der Waals surface area contributed by atoms with Crippen LogP contribution in [0.25, 0.3) is 0 Å². The van der Waals surface area contributed by atoms with Gasteiger partial charge in [0.2, 0.25) is 0 Å². The van der Waals surface area contributed by atoms with E-state index < -0.39 is 11.9 Å². The van der Waals surface area contributed by atoms with Crippen molar-refractivity contribution < 1.29 is 14.6 Å². The van der Waals surface area contributed by atoms with Crippen molar-refractivity contribution >= 4 is 5.97 Å². The van der Waals surface area contributed by atoms with E-state index in [2.05, 4.69) is 4.98 Å². The van der Waals surface area contributed by atoms with Crippen molar-refractivity contribution in [1.29, 1.82) is 0 Å². The van der Waals surface area contributed by atoms with E-state index in [1.807, 2.05) is 0 Å². The molecule has 1 aromatic heterocycles. The quantitative estimate of drug-likeness (QED) is 0.811. The van der Waals surface area contributed by atoms with Gasteiger partial charge < -0.3 is 9.84 Å². The molecule has 1 saturated heterocycles. The number of aliphatic carboxylic acids is 1. The summed E-state index contributed by atoms with van der Waals surface area (Å²) in [5.41, 5.74) is 0.813. The Bertz CT molecular complexity index is 333. The lowest BCUT2D eigenvalue weighted by atomic mass is 9.86. The van der Waals surface area contributed by atoms with Crippen LogP contribution in [0.1, 0.15) is 17.9 Å².